The normalized spacial score (nSPS) is 11.3. The van der Waals surface area contributed by atoms with E-state index < -0.39 is 6.67 Å². The van der Waals surface area contributed by atoms with Gasteiger partial charge in [-0.1, -0.05) is 23.7 Å². The summed E-state index contributed by atoms with van der Waals surface area (Å²) < 4.78 is 14.1. The first kappa shape index (κ1) is 15.2. The van der Waals surface area contributed by atoms with Crippen molar-refractivity contribution >= 4 is 33.2 Å². The summed E-state index contributed by atoms with van der Waals surface area (Å²) in [5.41, 5.74) is 1.60. The highest BCUT2D eigenvalue weighted by Gasteiger charge is 2.18. The second-order valence-corrected chi connectivity index (χ2v) is 6.66. The van der Waals surface area contributed by atoms with Crippen LogP contribution in [0.2, 0.25) is 5.02 Å². The summed E-state index contributed by atoms with van der Waals surface area (Å²) in [5.74, 6) is 0.541. The third-order valence-corrected chi connectivity index (χ3v) is 4.87. The summed E-state index contributed by atoms with van der Waals surface area (Å²) in [6, 6.07) is 7.36. The Labute approximate surface area is 136 Å². The topological polar surface area (TPSA) is 34.9 Å². The van der Waals surface area contributed by atoms with Crippen molar-refractivity contribution in [1.29, 1.82) is 0 Å². The van der Waals surface area contributed by atoms with E-state index >= 15 is 0 Å². The molecule has 0 spiro atoms. The van der Waals surface area contributed by atoms with Gasteiger partial charge in [-0.15, -0.1) is 11.3 Å². The summed E-state index contributed by atoms with van der Waals surface area (Å²) in [7, 11) is 0. The van der Waals surface area contributed by atoms with Gasteiger partial charge in [0.15, 0.2) is 0 Å². The zero-order valence-electron chi connectivity index (χ0n) is 12.2. The van der Waals surface area contributed by atoms with Gasteiger partial charge in [0.25, 0.3) is 5.56 Å². The Morgan fingerprint density at radius 3 is 2.59 bits per heavy atom. The first-order valence-corrected chi connectivity index (χ1v) is 8.05. The number of fused-ring (bicyclic) bond motifs is 1. The van der Waals surface area contributed by atoms with E-state index in [0.29, 0.717) is 21.1 Å². The third-order valence-electron chi connectivity index (χ3n) is 3.62. The number of aromatic nitrogens is 2. The second-order valence-electron chi connectivity index (χ2n) is 5.03. The minimum absolute atomic E-state index is 0.0303. The Kier molecular flexibility index (Phi) is 4.02. The predicted octanol–water partition coefficient (Wildman–Crippen LogP) is 4.36. The molecule has 1 aromatic carbocycles. The molecule has 0 radical (unpaired) electrons. The van der Waals surface area contributed by atoms with Crippen molar-refractivity contribution in [3.8, 4) is 11.1 Å². The van der Waals surface area contributed by atoms with Gasteiger partial charge in [-0.2, -0.15) is 0 Å². The van der Waals surface area contributed by atoms with E-state index in [4.69, 9.17) is 11.6 Å². The van der Waals surface area contributed by atoms with Crippen molar-refractivity contribution in [1.82, 2.24) is 9.55 Å². The lowest BCUT2D eigenvalue weighted by Gasteiger charge is -2.08. The van der Waals surface area contributed by atoms with Crippen LogP contribution in [-0.4, -0.2) is 16.2 Å². The van der Waals surface area contributed by atoms with Crippen molar-refractivity contribution in [2.24, 2.45) is 0 Å². The van der Waals surface area contributed by atoms with Gasteiger partial charge in [-0.3, -0.25) is 9.36 Å². The number of rotatable bonds is 3. The SMILES string of the molecule is Cc1sc2nc(C)n(CCF)c(=O)c2c1-c1ccc(Cl)cc1. The monoisotopic (exact) mass is 336 g/mol. The molecule has 3 rings (SSSR count). The van der Waals surface area contributed by atoms with Gasteiger partial charge in [0, 0.05) is 15.5 Å². The minimum Gasteiger partial charge on any atom is -0.294 e. The Balaban J connectivity index is 2.35. The molecule has 22 heavy (non-hydrogen) atoms. The molecule has 6 heteroatoms. The van der Waals surface area contributed by atoms with Gasteiger partial charge in [-0.25, -0.2) is 9.37 Å². The van der Waals surface area contributed by atoms with Gasteiger partial charge < -0.3 is 0 Å². The molecule has 0 saturated heterocycles. The molecule has 0 saturated carbocycles. The Morgan fingerprint density at radius 2 is 1.95 bits per heavy atom. The van der Waals surface area contributed by atoms with Crippen molar-refractivity contribution in [2.75, 3.05) is 6.67 Å². The molecule has 0 aliphatic carbocycles. The summed E-state index contributed by atoms with van der Waals surface area (Å²) in [4.78, 5) is 18.9. The molecule has 0 N–H and O–H groups in total. The fourth-order valence-electron chi connectivity index (χ4n) is 2.61. The van der Waals surface area contributed by atoms with Gasteiger partial charge in [0.1, 0.15) is 17.3 Å². The first-order valence-electron chi connectivity index (χ1n) is 6.85. The van der Waals surface area contributed by atoms with Crippen LogP contribution < -0.4 is 5.56 Å². The molecule has 3 nitrogen and oxygen atoms in total. The highest BCUT2D eigenvalue weighted by molar-refractivity contribution is 7.19. The molecule has 0 aliphatic rings. The highest BCUT2D eigenvalue weighted by Crippen LogP contribution is 2.36. The number of hydrogen-bond acceptors (Lipinski definition) is 3. The Hall–Kier alpha value is -1.72. The molecule has 0 fully saturated rings. The number of thiophene rings is 1. The van der Waals surface area contributed by atoms with Crippen LogP contribution >= 0.6 is 22.9 Å². The number of benzene rings is 1. The Morgan fingerprint density at radius 1 is 1.27 bits per heavy atom. The molecule has 0 aliphatic heterocycles. The summed E-state index contributed by atoms with van der Waals surface area (Å²) in [5, 5.41) is 1.20. The van der Waals surface area contributed by atoms with E-state index in [1.54, 1.807) is 19.1 Å². The lowest BCUT2D eigenvalue weighted by Crippen LogP contribution is -2.24. The number of hydrogen-bond donors (Lipinski definition) is 0. The van der Waals surface area contributed by atoms with Gasteiger partial charge >= 0.3 is 0 Å². The lowest BCUT2D eigenvalue weighted by molar-refractivity contribution is 0.435. The van der Waals surface area contributed by atoms with E-state index in [2.05, 4.69) is 4.98 Å². The number of nitrogens with zero attached hydrogens (tertiary/aromatic N) is 2. The van der Waals surface area contributed by atoms with Crippen LogP contribution in [0.25, 0.3) is 21.3 Å². The molecule has 3 aromatic rings. The van der Waals surface area contributed by atoms with Crippen LogP contribution in [0.4, 0.5) is 4.39 Å². The fourth-order valence-corrected chi connectivity index (χ4v) is 3.82. The van der Waals surface area contributed by atoms with Crippen molar-refractivity contribution in [3.05, 3.63) is 50.3 Å². The van der Waals surface area contributed by atoms with Gasteiger partial charge in [0.05, 0.1) is 11.9 Å². The molecule has 0 atom stereocenters. The molecule has 0 amide bonds. The molecule has 0 unspecified atom stereocenters. The van der Waals surface area contributed by atoms with Gasteiger partial charge in [0.2, 0.25) is 0 Å². The second kappa shape index (κ2) is 5.82. The van der Waals surface area contributed by atoms with Crippen LogP contribution in [0.5, 0.6) is 0 Å². The predicted molar refractivity (Wildman–Crippen MR) is 89.8 cm³/mol. The molecule has 2 aromatic heterocycles. The maximum Gasteiger partial charge on any atom is 0.262 e. The van der Waals surface area contributed by atoms with E-state index in [-0.39, 0.29) is 12.1 Å². The van der Waals surface area contributed by atoms with Crippen LogP contribution in [0.3, 0.4) is 0 Å². The van der Waals surface area contributed by atoms with Crippen molar-refractivity contribution in [3.63, 3.8) is 0 Å². The third kappa shape index (κ3) is 2.44. The van der Waals surface area contributed by atoms with E-state index in [0.717, 1.165) is 16.0 Å². The fraction of sp³-hybridized carbons (Fsp3) is 0.250. The van der Waals surface area contributed by atoms with Gasteiger partial charge in [-0.05, 0) is 31.5 Å². The minimum atomic E-state index is -0.590. The molecule has 2 heterocycles. The average Bonchev–Trinajstić information content (AvgIpc) is 2.80. The molecule has 0 bridgehead atoms. The standard InChI is InChI=1S/C16H14ClFN2OS/c1-9-13(11-3-5-12(17)6-4-11)14-15(22-9)19-10(2)20(8-7-18)16(14)21/h3-6H,7-8H2,1-2H3. The smallest absolute Gasteiger partial charge is 0.262 e. The first-order chi connectivity index (χ1) is 10.5. The maximum absolute atomic E-state index is 12.8. The van der Waals surface area contributed by atoms with E-state index in [9.17, 15) is 9.18 Å². The van der Waals surface area contributed by atoms with Crippen LogP contribution in [0.15, 0.2) is 29.1 Å². The molecular formula is C16H14ClFN2OS. The number of alkyl halides is 1. The van der Waals surface area contributed by atoms with Crippen molar-refractivity contribution in [2.45, 2.75) is 20.4 Å². The maximum atomic E-state index is 12.8. The zero-order chi connectivity index (χ0) is 15.9. The summed E-state index contributed by atoms with van der Waals surface area (Å²) in [6.45, 7) is 3.13. The number of halogens is 2. The highest BCUT2D eigenvalue weighted by atomic mass is 35.5. The van der Waals surface area contributed by atoms with Crippen LogP contribution in [0, 0.1) is 13.8 Å². The summed E-state index contributed by atoms with van der Waals surface area (Å²) in [6.07, 6.45) is 0. The quantitative estimate of drug-likeness (QED) is 0.712. The average molecular weight is 337 g/mol. The Bertz CT molecular complexity index is 899. The lowest BCUT2D eigenvalue weighted by atomic mass is 10.0. The van der Waals surface area contributed by atoms with Crippen LogP contribution in [0.1, 0.15) is 10.7 Å². The number of aryl methyl sites for hydroxylation is 2. The summed E-state index contributed by atoms with van der Waals surface area (Å²) >= 11 is 7.41. The van der Waals surface area contributed by atoms with Crippen molar-refractivity contribution < 1.29 is 4.39 Å². The van der Waals surface area contributed by atoms with Crippen LogP contribution in [-0.2, 0) is 6.54 Å². The zero-order valence-corrected chi connectivity index (χ0v) is 13.8. The largest absolute Gasteiger partial charge is 0.294 e. The molecule has 114 valence electrons. The van der Waals surface area contributed by atoms with E-state index in [1.807, 2.05) is 19.1 Å². The molecular weight excluding hydrogens is 323 g/mol. The van der Waals surface area contributed by atoms with E-state index in [1.165, 1.54) is 15.9 Å².